The van der Waals surface area contributed by atoms with Crippen LogP contribution in [0.5, 0.6) is 0 Å². The number of nitrogens with zero attached hydrogens (tertiary/aromatic N) is 3. The molecule has 6 aromatic carbocycles. The van der Waals surface area contributed by atoms with Gasteiger partial charge in [-0.25, -0.2) is 0 Å². The molecule has 75 heavy (non-hydrogen) atoms. The molecule has 0 radical (unpaired) electrons. The molecule has 0 bridgehead atoms. The quantitative estimate of drug-likeness (QED) is 0.0921. The van der Waals surface area contributed by atoms with Crippen LogP contribution in [0.15, 0.2) is 95.5 Å². The zero-order valence-electron chi connectivity index (χ0n) is 40.1. The number of imide groups is 3. The van der Waals surface area contributed by atoms with Crippen LogP contribution in [0.3, 0.4) is 0 Å². The average Bonchev–Trinajstić information content (AvgIpc) is 4.16. The van der Waals surface area contributed by atoms with Crippen molar-refractivity contribution in [2.24, 2.45) is 21.1 Å². The number of aliphatic hydroxyl groups is 1. The van der Waals surface area contributed by atoms with Gasteiger partial charge in [0.15, 0.2) is 12.6 Å². The molecule has 6 amide bonds. The number of carbonyl (C=O) groups excluding carboxylic acids is 8. The largest absolute Gasteiger partial charge is 0.390 e. The van der Waals surface area contributed by atoms with Gasteiger partial charge < -0.3 is 18.8 Å². The Hall–Kier alpha value is -7.99. The van der Waals surface area contributed by atoms with E-state index in [4.69, 9.17) is 34.8 Å². The third-order valence-electron chi connectivity index (χ3n) is 14.1. The van der Waals surface area contributed by atoms with Crippen LogP contribution < -0.4 is 16.0 Å². The Bertz CT molecular complexity index is 3970. The zero-order valence-corrected chi connectivity index (χ0v) is 43.9. The van der Waals surface area contributed by atoms with Gasteiger partial charge in [0, 0.05) is 80.3 Å². The average molecular weight is 1130 g/mol. The first kappa shape index (κ1) is 50.5. The number of hydrogen-bond donors (Lipinski definition) is 4. The molecule has 4 N–H and O–H groups in total. The first-order valence-corrected chi connectivity index (χ1v) is 24.8. The highest BCUT2D eigenvalue weighted by atomic mass is 79.9. The van der Waals surface area contributed by atoms with Gasteiger partial charge >= 0.3 is 0 Å². The van der Waals surface area contributed by atoms with Crippen molar-refractivity contribution >= 4 is 131 Å². The van der Waals surface area contributed by atoms with Crippen LogP contribution in [0.4, 0.5) is 0 Å². The van der Waals surface area contributed by atoms with Crippen LogP contribution in [-0.4, -0.2) is 66.8 Å². The van der Waals surface area contributed by atoms with Crippen LogP contribution in [-0.2, 0) is 27.7 Å². The maximum Gasteiger partial charge on any atom is 0.259 e. The van der Waals surface area contributed by atoms with E-state index in [-0.39, 0.29) is 17.7 Å². The molecule has 6 heterocycles. The molecule has 0 aliphatic carbocycles. The number of amides is 6. The van der Waals surface area contributed by atoms with Gasteiger partial charge in [-0.2, -0.15) is 0 Å². The Balaban J connectivity index is 0.000000128. The van der Waals surface area contributed by atoms with Gasteiger partial charge in [0.1, 0.15) is 0 Å². The Kier molecular flexibility index (Phi) is 12.8. The molecule has 3 aliphatic heterocycles. The molecule has 0 unspecified atom stereocenters. The summed E-state index contributed by atoms with van der Waals surface area (Å²) in [5, 5.41) is 20.1. The molecule has 3 aliphatic rings. The van der Waals surface area contributed by atoms with Crippen LogP contribution >= 0.6 is 50.7 Å². The van der Waals surface area contributed by atoms with Crippen molar-refractivity contribution in [3.05, 3.63) is 172 Å². The van der Waals surface area contributed by atoms with E-state index in [0.29, 0.717) is 131 Å². The normalized spacial score (nSPS) is 13.3. The number of carbonyl (C=O) groups is 8. The van der Waals surface area contributed by atoms with Crippen molar-refractivity contribution in [3.63, 3.8) is 0 Å². The van der Waals surface area contributed by atoms with Gasteiger partial charge in [-0.15, -0.1) is 0 Å². The summed E-state index contributed by atoms with van der Waals surface area (Å²) in [4.78, 5) is 97.6. The van der Waals surface area contributed by atoms with E-state index in [1.54, 1.807) is 78.7 Å². The number of fused-ring (bicyclic) bond motifs is 9. The summed E-state index contributed by atoms with van der Waals surface area (Å²) in [6.45, 7) is 3.47. The first-order chi connectivity index (χ1) is 35.9. The zero-order chi connectivity index (χ0) is 53.6. The molecule has 0 fully saturated rings. The summed E-state index contributed by atoms with van der Waals surface area (Å²) >= 11 is 22.4. The van der Waals surface area contributed by atoms with Gasteiger partial charge in [0.2, 0.25) is 0 Å². The Morgan fingerprint density at radius 2 is 0.787 bits per heavy atom. The Labute approximate surface area is 449 Å². The SMILES string of the molecule is Cc1c(C=O)n(C)c2cc(-c3ccccc3Cl)c3c(c12)C(=O)NC3=O.Cc1c(CO)n(C)c2cc(-c3ccccc3Cl)c3c(c12)C(=O)NC3=O.Cn1c(C=O)c(Br)c2c3c(c(-c4ccccc4Cl)cc21)C(=O)NC3=O. The molecule has 0 spiro atoms. The van der Waals surface area contributed by atoms with Crippen molar-refractivity contribution in [2.45, 2.75) is 20.5 Å². The highest BCUT2D eigenvalue weighted by Crippen LogP contribution is 2.44. The molecule has 19 heteroatoms. The minimum absolute atomic E-state index is 0.150. The van der Waals surface area contributed by atoms with Crippen molar-refractivity contribution in [3.8, 4) is 33.4 Å². The van der Waals surface area contributed by atoms with E-state index in [2.05, 4.69) is 31.9 Å². The van der Waals surface area contributed by atoms with Crippen LogP contribution in [0.25, 0.3) is 66.1 Å². The number of aldehydes is 2. The third-order valence-corrected chi connectivity index (χ3v) is 15.8. The summed E-state index contributed by atoms with van der Waals surface area (Å²) in [6.07, 6.45) is 1.46. The maximum atomic E-state index is 12.5. The number of aryl methyl sites for hydroxylation is 5. The van der Waals surface area contributed by atoms with E-state index in [1.165, 1.54) is 0 Å². The minimum atomic E-state index is -0.484. The summed E-state index contributed by atoms with van der Waals surface area (Å²) in [7, 11) is 5.32. The summed E-state index contributed by atoms with van der Waals surface area (Å²) in [6, 6.07) is 26.9. The molecule has 3 aromatic heterocycles. The van der Waals surface area contributed by atoms with Crippen molar-refractivity contribution < 1.29 is 43.5 Å². The second kappa shape index (κ2) is 19.1. The van der Waals surface area contributed by atoms with E-state index < -0.39 is 35.4 Å². The fourth-order valence-electron chi connectivity index (χ4n) is 10.5. The number of aromatic nitrogens is 3. The standard InChI is InChI=1S/C19H15ClN2O3.C19H13ClN2O3.C18H10BrClN2O3/c2*1-9-14(8-23)22(2)13-7-11(10-5-3-4-6-12(10)20)16-17(15(9)13)19(25)21-18(16)24;1-22-11-6-9(8-4-2-3-5-10(8)20)13-15(18(25)21-17(13)24)14(11)16(19)12(22)7-23/h3-7,23H,8H2,1-2H3,(H,21,24,25);3-8H,1-2H3,(H,21,24,25);2-7H,1H3,(H,21,24,25). The van der Waals surface area contributed by atoms with Gasteiger partial charge in [-0.05, 0) is 94.0 Å². The van der Waals surface area contributed by atoms with E-state index >= 15 is 0 Å². The second-order valence-electron chi connectivity index (χ2n) is 17.8. The Morgan fingerprint density at radius 1 is 0.467 bits per heavy atom. The highest BCUT2D eigenvalue weighted by Gasteiger charge is 2.38. The van der Waals surface area contributed by atoms with E-state index in [9.17, 15) is 43.5 Å². The van der Waals surface area contributed by atoms with Crippen molar-refractivity contribution in [2.75, 3.05) is 0 Å². The Morgan fingerprint density at radius 3 is 1.16 bits per heavy atom. The minimum Gasteiger partial charge on any atom is -0.390 e. The number of rotatable bonds is 6. The van der Waals surface area contributed by atoms with Crippen molar-refractivity contribution in [1.82, 2.24) is 29.7 Å². The van der Waals surface area contributed by atoms with Crippen LogP contribution in [0.2, 0.25) is 15.1 Å². The van der Waals surface area contributed by atoms with Crippen LogP contribution in [0, 0.1) is 13.8 Å². The fourth-order valence-corrected chi connectivity index (χ4v) is 12.0. The lowest BCUT2D eigenvalue weighted by atomic mass is 9.92. The molecular formula is C56H38BrCl3N6O9. The fraction of sp³-hybridized carbons (Fsp3) is 0.107. The predicted molar refractivity (Wildman–Crippen MR) is 289 cm³/mol. The van der Waals surface area contributed by atoms with E-state index in [0.717, 1.165) is 17.4 Å². The third kappa shape index (κ3) is 7.73. The topological polar surface area (TPSA) is 208 Å². The summed E-state index contributed by atoms with van der Waals surface area (Å²) < 4.78 is 5.76. The summed E-state index contributed by atoms with van der Waals surface area (Å²) in [5.74, 6) is -2.71. The van der Waals surface area contributed by atoms with Gasteiger partial charge in [0.25, 0.3) is 35.4 Å². The second-order valence-corrected chi connectivity index (χ2v) is 19.9. The number of hydrogen-bond acceptors (Lipinski definition) is 9. The first-order valence-electron chi connectivity index (χ1n) is 22.8. The lowest BCUT2D eigenvalue weighted by Gasteiger charge is -2.11. The molecular weight excluding hydrogens is 1090 g/mol. The molecule has 374 valence electrons. The number of benzene rings is 6. The lowest BCUT2D eigenvalue weighted by Crippen LogP contribution is -2.20. The molecule has 9 aromatic rings. The van der Waals surface area contributed by atoms with Crippen molar-refractivity contribution in [1.29, 1.82) is 0 Å². The molecule has 0 atom stereocenters. The van der Waals surface area contributed by atoms with Gasteiger partial charge in [-0.3, -0.25) is 54.3 Å². The number of halogens is 4. The number of aliphatic hydroxyl groups excluding tert-OH is 1. The molecule has 15 nitrogen and oxygen atoms in total. The van der Waals surface area contributed by atoms with Gasteiger partial charge in [0.05, 0.1) is 66.9 Å². The smallest absolute Gasteiger partial charge is 0.259 e. The molecule has 0 saturated carbocycles. The highest BCUT2D eigenvalue weighted by molar-refractivity contribution is 9.10. The monoisotopic (exact) mass is 1120 g/mol. The summed E-state index contributed by atoms with van der Waals surface area (Å²) in [5.41, 5.74) is 10.8. The van der Waals surface area contributed by atoms with Gasteiger partial charge in [-0.1, -0.05) is 89.4 Å². The molecule has 0 saturated heterocycles. The molecule has 12 rings (SSSR count). The number of nitrogens with one attached hydrogen (secondary N) is 3. The van der Waals surface area contributed by atoms with Crippen LogP contribution in [0.1, 0.15) is 99.9 Å². The lowest BCUT2D eigenvalue weighted by molar-refractivity contribution is 0.0863. The maximum absolute atomic E-state index is 12.5. The predicted octanol–water partition coefficient (Wildman–Crippen LogP) is 10.6. The van der Waals surface area contributed by atoms with E-state index in [1.807, 2.05) is 61.0 Å².